The molecular weight excluding hydrogens is 281 g/mol. The lowest BCUT2D eigenvalue weighted by atomic mass is 10.1. The molecule has 0 saturated heterocycles. The minimum Gasteiger partial charge on any atom is -0.595 e. The van der Waals surface area contributed by atoms with Crippen LogP contribution in [0.5, 0.6) is 0 Å². The third-order valence-corrected chi connectivity index (χ3v) is 2.37. The van der Waals surface area contributed by atoms with Gasteiger partial charge in [-0.1, -0.05) is 0 Å². The number of amides is 1. The average molecular weight is 294 g/mol. The number of carbonyl (C=O) groups is 1. The lowest BCUT2D eigenvalue weighted by molar-refractivity contribution is -0.991. The van der Waals surface area contributed by atoms with Gasteiger partial charge in [0.1, 0.15) is 11.2 Å². The van der Waals surface area contributed by atoms with Crippen LogP contribution in [0.4, 0.5) is 24.5 Å². The molecule has 1 aromatic carbocycles. The van der Waals surface area contributed by atoms with E-state index in [0.29, 0.717) is 6.07 Å². The molecule has 9 heteroatoms. The summed E-state index contributed by atoms with van der Waals surface area (Å²) in [7, 11) is 0. The van der Waals surface area contributed by atoms with E-state index in [1.54, 1.807) is 0 Å². The van der Waals surface area contributed by atoms with Crippen molar-refractivity contribution in [2.75, 3.05) is 5.32 Å². The quantitative estimate of drug-likeness (QED) is 0.620. The van der Waals surface area contributed by atoms with E-state index >= 15 is 0 Å². The van der Waals surface area contributed by atoms with E-state index in [1.165, 1.54) is 13.8 Å². The van der Waals surface area contributed by atoms with Gasteiger partial charge in [-0.25, -0.2) is 5.21 Å². The molecule has 0 saturated carbocycles. The number of nitrogens with one attached hydrogen (secondary N) is 2. The van der Waals surface area contributed by atoms with Crippen molar-refractivity contribution in [1.29, 1.82) is 0 Å². The van der Waals surface area contributed by atoms with E-state index < -0.39 is 34.2 Å². The van der Waals surface area contributed by atoms with E-state index in [0.717, 1.165) is 12.1 Å². The second-order valence-electron chi connectivity index (χ2n) is 4.58. The highest BCUT2D eigenvalue weighted by Gasteiger charge is 2.37. The summed E-state index contributed by atoms with van der Waals surface area (Å²) in [4.78, 5) is 11.5. The highest BCUT2D eigenvalue weighted by molar-refractivity contribution is 5.96. The maximum absolute atomic E-state index is 12.7. The van der Waals surface area contributed by atoms with Crippen molar-refractivity contribution in [3.8, 4) is 0 Å². The molecule has 0 heterocycles. The van der Waals surface area contributed by atoms with E-state index in [-0.39, 0.29) is 5.69 Å². The summed E-state index contributed by atoms with van der Waals surface area (Å²) in [5.74, 6) is -0.909. The normalized spacial score (nSPS) is 14.0. The molecule has 1 rings (SSSR count). The third-order valence-electron chi connectivity index (χ3n) is 2.37. The fourth-order valence-electron chi connectivity index (χ4n) is 1.33. The van der Waals surface area contributed by atoms with Crippen LogP contribution < -0.4 is 10.5 Å². The Morgan fingerprint density at radius 1 is 1.35 bits per heavy atom. The molecule has 1 aromatic rings. The topological polar surface area (TPSA) is 97.1 Å². The first-order valence-electron chi connectivity index (χ1n) is 5.41. The first-order chi connectivity index (χ1) is 8.93. The summed E-state index contributed by atoms with van der Waals surface area (Å²) in [5.41, 5.74) is -4.32. The van der Waals surface area contributed by atoms with Gasteiger partial charge in [0.25, 0.3) is 5.91 Å². The predicted octanol–water partition coefficient (Wildman–Crippen LogP) is 0.818. The summed E-state index contributed by atoms with van der Waals surface area (Å²) in [6.07, 6.45) is -4.87. The van der Waals surface area contributed by atoms with Gasteiger partial charge in [0.2, 0.25) is 0 Å². The Bertz CT molecular complexity index is 509. The second-order valence-corrected chi connectivity index (χ2v) is 4.58. The first-order valence-corrected chi connectivity index (χ1v) is 5.41. The Hall–Kier alpha value is -1.68. The lowest BCUT2D eigenvalue weighted by Gasteiger charge is -2.20. The molecule has 1 amide bonds. The van der Waals surface area contributed by atoms with Crippen LogP contribution in [0, 0.1) is 5.21 Å². The van der Waals surface area contributed by atoms with E-state index in [4.69, 9.17) is 5.21 Å². The molecule has 0 aliphatic heterocycles. The van der Waals surface area contributed by atoms with E-state index in [1.807, 2.05) is 0 Å². The maximum atomic E-state index is 12.7. The van der Waals surface area contributed by atoms with Crippen LogP contribution >= 0.6 is 0 Å². The zero-order chi connectivity index (χ0) is 15.7. The van der Waals surface area contributed by atoms with Crippen molar-refractivity contribution in [2.24, 2.45) is 0 Å². The number of halogens is 3. The van der Waals surface area contributed by atoms with Gasteiger partial charge < -0.3 is 15.6 Å². The minimum atomic E-state index is -4.87. The van der Waals surface area contributed by atoms with E-state index in [2.05, 4.69) is 5.32 Å². The molecule has 1 atom stereocenters. The molecule has 0 aliphatic carbocycles. The van der Waals surface area contributed by atoms with Crippen LogP contribution in [-0.2, 0) is 11.0 Å². The van der Waals surface area contributed by atoms with Gasteiger partial charge >= 0.3 is 6.18 Å². The van der Waals surface area contributed by atoms with Gasteiger partial charge in [-0.05, 0) is 26.0 Å². The number of aliphatic hydroxyl groups is 1. The molecule has 112 valence electrons. The number of quaternary nitrogens is 1. The number of anilines is 1. The zero-order valence-electron chi connectivity index (χ0n) is 10.6. The van der Waals surface area contributed by atoms with Gasteiger partial charge in [0.05, 0.1) is 0 Å². The minimum absolute atomic E-state index is 0.255. The highest BCUT2D eigenvalue weighted by Crippen LogP contribution is 2.35. The first kappa shape index (κ1) is 16.4. The van der Waals surface area contributed by atoms with Crippen LogP contribution in [0.1, 0.15) is 19.4 Å². The molecule has 0 bridgehead atoms. The molecule has 1 unspecified atom stereocenters. The number of hydrogen-bond acceptors (Lipinski definition) is 4. The summed E-state index contributed by atoms with van der Waals surface area (Å²) in [5, 5.41) is 29.2. The number of hydrogen-bond donors (Lipinski definition) is 4. The molecule has 0 radical (unpaired) electrons. The zero-order valence-corrected chi connectivity index (χ0v) is 10.6. The van der Waals surface area contributed by atoms with Crippen molar-refractivity contribution in [1.82, 2.24) is 0 Å². The molecule has 20 heavy (non-hydrogen) atoms. The Labute approximate surface area is 112 Å². The predicted molar refractivity (Wildman–Crippen MR) is 62.1 cm³/mol. The van der Waals surface area contributed by atoms with Gasteiger partial charge in [-0.2, -0.15) is 18.4 Å². The number of alkyl halides is 3. The molecule has 0 spiro atoms. The summed E-state index contributed by atoms with van der Waals surface area (Å²) >= 11 is 0. The summed E-state index contributed by atoms with van der Waals surface area (Å²) < 4.78 is 38.2. The fraction of sp³-hybridized carbons (Fsp3) is 0.364. The van der Waals surface area contributed by atoms with Gasteiger partial charge in [-0.3, -0.25) is 4.79 Å². The molecule has 6 nitrogen and oxygen atoms in total. The van der Waals surface area contributed by atoms with Gasteiger partial charge in [-0.15, -0.1) is 0 Å². The molecule has 0 aromatic heterocycles. The number of carbonyl (C=O) groups excluding carboxylic acids is 1. The fourth-order valence-corrected chi connectivity index (χ4v) is 1.33. The number of rotatable bonds is 3. The standard InChI is InChI=1S/C11H13F3N2O4/c1-10(2,18)9(17)15-6-3-4-8(16(19)20)7(5-6)11(12,13)14/h3-5,16,18-19H,1-2H3,(H,15,17). The van der Waals surface area contributed by atoms with Crippen LogP contribution in [0.2, 0.25) is 0 Å². The molecular formula is C11H13F3N2O4. The number of benzene rings is 1. The average Bonchev–Trinajstić information content (AvgIpc) is 2.26. The van der Waals surface area contributed by atoms with Crippen molar-refractivity contribution >= 4 is 17.3 Å². The van der Waals surface area contributed by atoms with Crippen molar-refractivity contribution in [3.63, 3.8) is 0 Å². The maximum Gasteiger partial charge on any atom is 0.422 e. The van der Waals surface area contributed by atoms with Crippen molar-refractivity contribution in [2.45, 2.75) is 25.6 Å². The Kier molecular flexibility index (Phi) is 4.39. The SMILES string of the molecule is CC(C)(O)C(=O)Nc1ccc([NH+]([O-])O)c(C(F)(F)F)c1. The van der Waals surface area contributed by atoms with Crippen LogP contribution in [0.3, 0.4) is 0 Å². The Morgan fingerprint density at radius 2 is 1.90 bits per heavy atom. The van der Waals surface area contributed by atoms with Crippen molar-refractivity contribution in [3.05, 3.63) is 29.0 Å². The summed E-state index contributed by atoms with van der Waals surface area (Å²) in [6, 6.07) is 2.26. The lowest BCUT2D eigenvalue weighted by Crippen LogP contribution is -2.99. The van der Waals surface area contributed by atoms with Crippen molar-refractivity contribution < 1.29 is 33.5 Å². The van der Waals surface area contributed by atoms with Crippen LogP contribution in [0.25, 0.3) is 0 Å². The molecule has 0 fully saturated rings. The van der Waals surface area contributed by atoms with Gasteiger partial charge in [0.15, 0.2) is 5.69 Å². The Morgan fingerprint density at radius 3 is 2.30 bits per heavy atom. The van der Waals surface area contributed by atoms with Crippen LogP contribution in [-0.4, -0.2) is 21.8 Å². The smallest absolute Gasteiger partial charge is 0.422 e. The largest absolute Gasteiger partial charge is 0.595 e. The van der Waals surface area contributed by atoms with Gasteiger partial charge in [0, 0.05) is 11.8 Å². The Balaban J connectivity index is 3.18. The highest BCUT2D eigenvalue weighted by atomic mass is 19.4. The van der Waals surface area contributed by atoms with Crippen LogP contribution in [0.15, 0.2) is 18.2 Å². The molecule has 0 aliphatic rings. The summed E-state index contributed by atoms with van der Waals surface area (Å²) in [6.45, 7) is 2.33. The second kappa shape index (κ2) is 5.37. The monoisotopic (exact) mass is 294 g/mol. The third kappa shape index (κ3) is 3.90. The van der Waals surface area contributed by atoms with E-state index in [9.17, 15) is 28.3 Å². The molecule has 4 N–H and O–H groups in total.